The van der Waals surface area contributed by atoms with Crippen LogP contribution in [0.1, 0.15) is 36.0 Å². The lowest BCUT2D eigenvalue weighted by Crippen LogP contribution is -2.25. The number of carboxylic acid groups (broad SMARTS) is 1. The van der Waals surface area contributed by atoms with Gasteiger partial charge >= 0.3 is 5.97 Å². The van der Waals surface area contributed by atoms with Crippen LogP contribution < -0.4 is 16.1 Å². The summed E-state index contributed by atoms with van der Waals surface area (Å²) in [6, 6.07) is 13.1. The minimum Gasteiger partial charge on any atom is -0.508 e. The van der Waals surface area contributed by atoms with Crippen molar-refractivity contribution in [1.82, 2.24) is 5.32 Å². The Morgan fingerprint density at radius 3 is 2.50 bits per heavy atom. The predicted octanol–water partition coefficient (Wildman–Crippen LogP) is 4.89. The van der Waals surface area contributed by atoms with E-state index in [1.807, 2.05) is 0 Å². The standard InChI is InChI=1S/C28H25N5O7/c29-33-31-12-2-11-30-25(36)3-1-4-26(37)32-16-5-8-19(22(13-16)28(38)39)27-20-9-6-17(34)14-23(20)40-24-15-18(35)7-10-21(24)27/h5-10,13-15,34H,1-4,11-12H2,(H,30,36)(H,32,37)(H,38,39). The van der Waals surface area contributed by atoms with Gasteiger partial charge < -0.3 is 25.3 Å². The number of carbonyl (C=O) groups excluding carboxylic acids is 2. The van der Waals surface area contributed by atoms with E-state index in [4.69, 9.17) is 9.95 Å². The van der Waals surface area contributed by atoms with Crippen LogP contribution >= 0.6 is 0 Å². The first-order chi connectivity index (χ1) is 19.3. The quantitative estimate of drug-likeness (QED) is 0.0679. The fourth-order valence-corrected chi connectivity index (χ4v) is 4.31. The number of amides is 2. The molecule has 2 aromatic rings. The first-order valence-corrected chi connectivity index (χ1v) is 12.4. The molecule has 2 amide bonds. The molecule has 0 radical (unpaired) electrons. The molecule has 0 saturated carbocycles. The number of nitrogens with zero attached hydrogens (tertiary/aromatic N) is 3. The molecule has 2 aliphatic rings. The molecule has 0 aromatic heterocycles. The lowest BCUT2D eigenvalue weighted by atomic mass is 9.90. The van der Waals surface area contributed by atoms with Crippen molar-refractivity contribution >= 4 is 34.4 Å². The zero-order chi connectivity index (χ0) is 28.6. The van der Waals surface area contributed by atoms with Crippen LogP contribution in [0.5, 0.6) is 5.75 Å². The average molecular weight is 544 g/mol. The van der Waals surface area contributed by atoms with E-state index in [0.717, 1.165) is 0 Å². The van der Waals surface area contributed by atoms with E-state index in [9.17, 15) is 29.4 Å². The number of carbonyl (C=O) groups is 3. The molecule has 1 heterocycles. The number of rotatable bonds is 11. The molecule has 0 fully saturated rings. The number of aromatic hydroxyl groups is 1. The summed E-state index contributed by atoms with van der Waals surface area (Å²) in [5, 5.41) is 29.3. The number of azide groups is 1. The Balaban J connectivity index is 1.54. The third-order valence-electron chi connectivity index (χ3n) is 6.11. The number of carboxylic acids is 1. The van der Waals surface area contributed by atoms with Gasteiger partial charge in [-0.1, -0.05) is 11.2 Å². The van der Waals surface area contributed by atoms with Crippen molar-refractivity contribution in [3.05, 3.63) is 80.8 Å². The average Bonchev–Trinajstić information content (AvgIpc) is 2.91. The summed E-state index contributed by atoms with van der Waals surface area (Å²) in [5.41, 5.74) is 9.72. The second-order valence-electron chi connectivity index (χ2n) is 8.94. The number of hydrogen-bond acceptors (Lipinski definition) is 7. The Hall–Kier alpha value is -5.35. The SMILES string of the molecule is [N-]=[N+]=NCCCNC(=O)CCCC(=O)Nc1ccc(-c2c3ccc(=O)cc-3oc3cc(O)ccc23)c(C(=O)O)c1. The Morgan fingerprint density at radius 2 is 1.73 bits per heavy atom. The van der Waals surface area contributed by atoms with Gasteiger partial charge in [-0.3, -0.25) is 14.4 Å². The molecule has 12 heteroatoms. The van der Waals surface area contributed by atoms with E-state index in [2.05, 4.69) is 20.7 Å². The number of nitrogens with one attached hydrogen (secondary N) is 2. The zero-order valence-electron chi connectivity index (χ0n) is 21.2. The maximum atomic E-state index is 12.5. The third kappa shape index (κ3) is 6.55. The molecule has 2 aromatic carbocycles. The van der Waals surface area contributed by atoms with Gasteiger partial charge in [0.1, 0.15) is 17.1 Å². The number of anilines is 1. The van der Waals surface area contributed by atoms with Crippen molar-refractivity contribution in [2.75, 3.05) is 18.4 Å². The number of fused-ring (bicyclic) bond motifs is 2. The highest BCUT2D eigenvalue weighted by atomic mass is 16.4. The molecule has 1 aliphatic carbocycles. The number of hydrogen-bond donors (Lipinski definition) is 4. The Bertz CT molecular complexity index is 1670. The normalized spacial score (nSPS) is 10.7. The highest BCUT2D eigenvalue weighted by Gasteiger charge is 2.22. The van der Waals surface area contributed by atoms with Crippen LogP contribution in [0.15, 0.2) is 68.9 Å². The van der Waals surface area contributed by atoms with Crippen LogP contribution in [-0.2, 0) is 9.59 Å². The van der Waals surface area contributed by atoms with Crippen LogP contribution in [0, 0.1) is 0 Å². The summed E-state index contributed by atoms with van der Waals surface area (Å²) in [6.07, 6.45) is 0.989. The van der Waals surface area contributed by atoms with Gasteiger partial charge in [-0.05, 0) is 60.3 Å². The summed E-state index contributed by atoms with van der Waals surface area (Å²) in [7, 11) is 0. The lowest BCUT2D eigenvalue weighted by molar-refractivity contribution is -0.121. The van der Waals surface area contributed by atoms with E-state index in [1.165, 1.54) is 30.3 Å². The van der Waals surface area contributed by atoms with Crippen molar-refractivity contribution < 1.29 is 29.0 Å². The maximum absolute atomic E-state index is 12.5. The van der Waals surface area contributed by atoms with E-state index in [0.29, 0.717) is 35.0 Å². The molecule has 4 rings (SSSR count). The van der Waals surface area contributed by atoms with Gasteiger partial charge in [0, 0.05) is 65.2 Å². The van der Waals surface area contributed by atoms with Crippen LogP contribution in [0.3, 0.4) is 0 Å². The van der Waals surface area contributed by atoms with E-state index < -0.39 is 5.97 Å². The molecule has 12 nitrogen and oxygen atoms in total. The van der Waals surface area contributed by atoms with Gasteiger partial charge in [0.05, 0.1) is 5.56 Å². The zero-order valence-corrected chi connectivity index (χ0v) is 21.2. The Kier molecular flexibility index (Phi) is 8.62. The highest BCUT2D eigenvalue weighted by molar-refractivity contribution is 6.08. The third-order valence-corrected chi connectivity index (χ3v) is 6.11. The minimum atomic E-state index is -1.23. The molecule has 0 unspecified atom stereocenters. The molecule has 40 heavy (non-hydrogen) atoms. The molecule has 0 atom stereocenters. The number of aromatic carboxylic acids is 1. The molecular formula is C28H25N5O7. The molecule has 204 valence electrons. The van der Waals surface area contributed by atoms with Gasteiger partial charge in [0.25, 0.3) is 0 Å². The van der Waals surface area contributed by atoms with Gasteiger partial charge in [-0.15, -0.1) is 0 Å². The van der Waals surface area contributed by atoms with Gasteiger partial charge in [-0.25, -0.2) is 4.79 Å². The molecule has 1 aliphatic heterocycles. The molecule has 0 spiro atoms. The number of benzene rings is 3. The molecular weight excluding hydrogens is 518 g/mol. The van der Waals surface area contributed by atoms with Gasteiger partial charge in [-0.2, -0.15) is 0 Å². The largest absolute Gasteiger partial charge is 0.508 e. The Morgan fingerprint density at radius 1 is 0.950 bits per heavy atom. The monoisotopic (exact) mass is 543 g/mol. The smallest absolute Gasteiger partial charge is 0.336 e. The van der Waals surface area contributed by atoms with E-state index in [-0.39, 0.29) is 71.4 Å². The second-order valence-corrected chi connectivity index (χ2v) is 8.94. The van der Waals surface area contributed by atoms with E-state index >= 15 is 0 Å². The Labute approximate surface area is 227 Å². The molecule has 0 saturated heterocycles. The summed E-state index contributed by atoms with van der Waals surface area (Å²) >= 11 is 0. The van der Waals surface area contributed by atoms with Crippen LogP contribution in [-0.4, -0.2) is 41.1 Å². The van der Waals surface area contributed by atoms with Gasteiger partial charge in [0.2, 0.25) is 11.8 Å². The second kappa shape index (κ2) is 12.5. The van der Waals surface area contributed by atoms with Crippen molar-refractivity contribution in [2.24, 2.45) is 5.11 Å². The molecule has 4 N–H and O–H groups in total. The maximum Gasteiger partial charge on any atom is 0.336 e. The van der Waals surface area contributed by atoms with Crippen molar-refractivity contribution in [1.29, 1.82) is 0 Å². The topological polar surface area (TPSA) is 195 Å². The van der Waals surface area contributed by atoms with E-state index in [1.54, 1.807) is 24.3 Å². The first-order valence-electron chi connectivity index (χ1n) is 12.4. The van der Waals surface area contributed by atoms with Crippen LogP contribution in [0.2, 0.25) is 0 Å². The summed E-state index contributed by atoms with van der Waals surface area (Å²) in [6.45, 7) is 0.653. The van der Waals surface area contributed by atoms with Crippen molar-refractivity contribution in [3.63, 3.8) is 0 Å². The predicted molar refractivity (Wildman–Crippen MR) is 147 cm³/mol. The number of phenolic OH excluding ortho intramolecular Hbond substituents is 1. The molecule has 0 bridgehead atoms. The summed E-state index contributed by atoms with van der Waals surface area (Å²) in [4.78, 5) is 51.3. The summed E-state index contributed by atoms with van der Waals surface area (Å²) in [5.74, 6) is -1.66. The van der Waals surface area contributed by atoms with Crippen molar-refractivity contribution in [3.8, 4) is 28.2 Å². The fourth-order valence-electron chi connectivity index (χ4n) is 4.31. The fraction of sp³-hybridized carbons (Fsp3) is 0.214. The van der Waals surface area contributed by atoms with Crippen LogP contribution in [0.25, 0.3) is 43.9 Å². The first kappa shape index (κ1) is 27.7. The van der Waals surface area contributed by atoms with Gasteiger partial charge in [0.15, 0.2) is 5.43 Å². The van der Waals surface area contributed by atoms with Crippen molar-refractivity contribution in [2.45, 2.75) is 25.7 Å². The lowest BCUT2D eigenvalue weighted by Gasteiger charge is -2.17. The van der Waals surface area contributed by atoms with Crippen LogP contribution in [0.4, 0.5) is 5.69 Å². The minimum absolute atomic E-state index is 0.0484. The highest BCUT2D eigenvalue weighted by Crippen LogP contribution is 2.42. The number of phenols is 1. The summed E-state index contributed by atoms with van der Waals surface area (Å²) < 4.78 is 5.83.